The van der Waals surface area contributed by atoms with Crippen molar-refractivity contribution in [2.24, 2.45) is 0 Å². The molecule has 2 aromatic rings. The number of piperazine rings is 1. The second-order valence-electron chi connectivity index (χ2n) is 5.86. The van der Waals surface area contributed by atoms with Gasteiger partial charge >= 0.3 is 0 Å². The predicted molar refractivity (Wildman–Crippen MR) is 98.1 cm³/mol. The molecule has 2 aromatic heterocycles. The van der Waals surface area contributed by atoms with Crippen LogP contribution in [0.2, 0.25) is 0 Å². The molecule has 0 aromatic carbocycles. The average molecular weight is 364 g/mol. The van der Waals surface area contributed by atoms with Gasteiger partial charge in [-0.3, -0.25) is 14.5 Å². The molecule has 5 nitrogen and oxygen atoms in total. The number of carbonyl (C=O) groups excluding carboxylic acids is 2. The van der Waals surface area contributed by atoms with Gasteiger partial charge in [0.1, 0.15) is 0 Å². The van der Waals surface area contributed by atoms with Crippen LogP contribution in [0.4, 0.5) is 0 Å². The molecule has 3 rings (SSSR count). The molecule has 7 heteroatoms. The van der Waals surface area contributed by atoms with E-state index in [1.165, 1.54) is 22.7 Å². The lowest BCUT2D eigenvalue weighted by Crippen LogP contribution is -2.50. The fourth-order valence-electron chi connectivity index (χ4n) is 2.70. The van der Waals surface area contributed by atoms with Crippen LogP contribution in [0.3, 0.4) is 0 Å². The molecule has 1 saturated heterocycles. The zero-order valence-corrected chi connectivity index (χ0v) is 15.3. The van der Waals surface area contributed by atoms with Gasteiger partial charge in [-0.2, -0.15) is 0 Å². The second-order valence-corrected chi connectivity index (χ2v) is 7.71. The van der Waals surface area contributed by atoms with E-state index in [1.54, 1.807) is 0 Å². The van der Waals surface area contributed by atoms with Crippen molar-refractivity contribution in [3.63, 3.8) is 0 Å². The maximum atomic E-state index is 12.3. The Labute approximate surface area is 149 Å². The third kappa shape index (κ3) is 4.23. The summed E-state index contributed by atoms with van der Waals surface area (Å²) >= 11 is 2.97. The van der Waals surface area contributed by atoms with Crippen molar-refractivity contribution < 1.29 is 9.59 Å². The predicted octanol–water partition coefficient (Wildman–Crippen LogP) is 2.31. The Balaban J connectivity index is 1.38. The lowest BCUT2D eigenvalue weighted by molar-refractivity contribution is 0.0643. The summed E-state index contributed by atoms with van der Waals surface area (Å²) in [6.07, 6.45) is 0. The highest BCUT2D eigenvalue weighted by atomic mass is 32.1. The van der Waals surface area contributed by atoms with Gasteiger partial charge in [0.25, 0.3) is 11.8 Å². The molecule has 0 atom stereocenters. The maximum Gasteiger partial charge on any atom is 0.264 e. The molecule has 1 N–H and O–H groups in total. The summed E-state index contributed by atoms with van der Waals surface area (Å²) < 4.78 is 0. The van der Waals surface area contributed by atoms with Gasteiger partial charge in [-0.15, -0.1) is 22.7 Å². The van der Waals surface area contributed by atoms with E-state index in [4.69, 9.17) is 0 Å². The first-order valence-electron chi connectivity index (χ1n) is 8.02. The van der Waals surface area contributed by atoms with E-state index < -0.39 is 0 Å². The number of nitrogens with one attached hydrogen (secondary N) is 1. The van der Waals surface area contributed by atoms with Gasteiger partial charge in [0, 0.05) is 39.3 Å². The number of hydrogen-bond donors (Lipinski definition) is 1. The summed E-state index contributed by atoms with van der Waals surface area (Å²) in [6, 6.07) is 5.70. The van der Waals surface area contributed by atoms with Crippen LogP contribution in [-0.2, 0) is 0 Å². The minimum absolute atomic E-state index is 0.000362. The molecular weight excluding hydrogens is 342 g/mol. The number of rotatable bonds is 5. The van der Waals surface area contributed by atoms with Crippen LogP contribution in [-0.4, -0.2) is 60.9 Å². The molecule has 3 heterocycles. The minimum atomic E-state index is -0.000362. The highest BCUT2D eigenvalue weighted by Crippen LogP contribution is 2.14. The number of thiophene rings is 2. The number of aryl methyl sites for hydroxylation is 1. The first-order chi connectivity index (χ1) is 11.6. The molecule has 24 heavy (non-hydrogen) atoms. The van der Waals surface area contributed by atoms with E-state index in [0.29, 0.717) is 6.54 Å². The van der Waals surface area contributed by atoms with Gasteiger partial charge in [0.15, 0.2) is 0 Å². The average Bonchev–Trinajstić information content (AvgIpc) is 3.26. The molecule has 1 aliphatic rings. The van der Waals surface area contributed by atoms with Gasteiger partial charge in [0.2, 0.25) is 0 Å². The van der Waals surface area contributed by atoms with E-state index in [9.17, 15) is 9.59 Å². The molecular formula is C17H21N3O2S2. The molecule has 0 spiro atoms. The molecule has 0 bridgehead atoms. The summed E-state index contributed by atoms with van der Waals surface area (Å²) in [4.78, 5) is 30.1. The number of nitrogens with zero attached hydrogens (tertiary/aromatic N) is 2. The Morgan fingerprint density at radius 3 is 2.58 bits per heavy atom. The van der Waals surface area contributed by atoms with Crippen molar-refractivity contribution in [2.75, 3.05) is 39.3 Å². The molecule has 0 saturated carbocycles. The lowest BCUT2D eigenvalue weighted by atomic mass is 10.3. The van der Waals surface area contributed by atoms with E-state index in [-0.39, 0.29) is 11.8 Å². The van der Waals surface area contributed by atoms with Crippen molar-refractivity contribution in [3.8, 4) is 0 Å². The van der Waals surface area contributed by atoms with Crippen molar-refractivity contribution in [3.05, 3.63) is 44.3 Å². The van der Waals surface area contributed by atoms with Gasteiger partial charge < -0.3 is 10.2 Å². The monoisotopic (exact) mass is 363 g/mol. The van der Waals surface area contributed by atoms with E-state index >= 15 is 0 Å². The summed E-state index contributed by atoms with van der Waals surface area (Å²) in [5.41, 5.74) is 1.12. The van der Waals surface area contributed by atoms with Crippen LogP contribution in [0, 0.1) is 6.92 Å². The van der Waals surface area contributed by atoms with E-state index in [0.717, 1.165) is 48.0 Å². The Kier molecular flexibility index (Phi) is 5.65. The SMILES string of the molecule is Cc1csc(C(=O)NCCN2CCN(C(=O)c3cccs3)CC2)c1. The Bertz CT molecular complexity index is 689. The summed E-state index contributed by atoms with van der Waals surface area (Å²) in [6.45, 7) is 6.63. The Hall–Kier alpha value is -1.70. The first kappa shape index (κ1) is 17.1. The normalized spacial score (nSPS) is 15.5. The smallest absolute Gasteiger partial charge is 0.264 e. The molecule has 1 aliphatic heterocycles. The topological polar surface area (TPSA) is 52.7 Å². The third-order valence-electron chi connectivity index (χ3n) is 4.06. The fraction of sp³-hybridized carbons (Fsp3) is 0.412. The molecule has 1 fully saturated rings. The number of amides is 2. The zero-order valence-electron chi connectivity index (χ0n) is 13.7. The van der Waals surface area contributed by atoms with Crippen molar-refractivity contribution in [1.82, 2.24) is 15.1 Å². The molecule has 0 aliphatic carbocycles. The maximum absolute atomic E-state index is 12.3. The van der Waals surface area contributed by atoms with Crippen LogP contribution >= 0.6 is 22.7 Å². The molecule has 0 unspecified atom stereocenters. The van der Waals surface area contributed by atoms with E-state index in [1.807, 2.05) is 40.8 Å². The van der Waals surface area contributed by atoms with Crippen molar-refractivity contribution in [2.45, 2.75) is 6.92 Å². The highest BCUT2D eigenvalue weighted by Gasteiger charge is 2.22. The number of hydrogen-bond acceptors (Lipinski definition) is 5. The largest absolute Gasteiger partial charge is 0.350 e. The van der Waals surface area contributed by atoms with Gasteiger partial charge in [-0.1, -0.05) is 6.07 Å². The lowest BCUT2D eigenvalue weighted by Gasteiger charge is -2.34. The quantitative estimate of drug-likeness (QED) is 0.887. The van der Waals surface area contributed by atoms with Crippen LogP contribution in [0.5, 0.6) is 0 Å². The molecule has 128 valence electrons. The van der Waals surface area contributed by atoms with Crippen LogP contribution in [0.15, 0.2) is 29.0 Å². The Morgan fingerprint density at radius 1 is 1.17 bits per heavy atom. The Morgan fingerprint density at radius 2 is 1.96 bits per heavy atom. The van der Waals surface area contributed by atoms with Gasteiger partial charge in [0.05, 0.1) is 9.75 Å². The summed E-state index contributed by atoms with van der Waals surface area (Å²) in [5.74, 6) is 0.130. The van der Waals surface area contributed by atoms with Gasteiger partial charge in [-0.25, -0.2) is 0 Å². The summed E-state index contributed by atoms with van der Waals surface area (Å²) in [5, 5.41) is 6.88. The van der Waals surface area contributed by atoms with E-state index in [2.05, 4.69) is 10.2 Å². The molecule has 0 radical (unpaired) electrons. The van der Waals surface area contributed by atoms with Crippen LogP contribution < -0.4 is 5.32 Å². The van der Waals surface area contributed by atoms with Gasteiger partial charge in [-0.05, 0) is 35.4 Å². The highest BCUT2D eigenvalue weighted by molar-refractivity contribution is 7.12. The van der Waals surface area contributed by atoms with Crippen molar-refractivity contribution >= 4 is 34.5 Å². The standard InChI is InChI=1S/C17H21N3O2S2/c1-13-11-15(24-12-13)16(21)18-4-5-19-6-8-20(9-7-19)17(22)14-3-2-10-23-14/h2-3,10-12H,4-9H2,1H3,(H,18,21). The van der Waals surface area contributed by atoms with Crippen molar-refractivity contribution in [1.29, 1.82) is 0 Å². The number of carbonyl (C=O) groups is 2. The molecule has 2 amide bonds. The minimum Gasteiger partial charge on any atom is -0.350 e. The zero-order chi connectivity index (χ0) is 16.9. The fourth-order valence-corrected chi connectivity index (χ4v) is 4.20. The first-order valence-corrected chi connectivity index (χ1v) is 9.78. The third-order valence-corrected chi connectivity index (χ3v) is 5.96. The summed E-state index contributed by atoms with van der Waals surface area (Å²) in [7, 11) is 0. The van der Waals surface area contributed by atoms with Crippen LogP contribution in [0.1, 0.15) is 24.9 Å². The second kappa shape index (κ2) is 7.92. The van der Waals surface area contributed by atoms with Crippen LogP contribution in [0.25, 0.3) is 0 Å².